The Kier molecular flexibility index (Phi) is 58.0. The van der Waals surface area contributed by atoms with Gasteiger partial charge in [0.1, 0.15) is 12.7 Å². The maximum atomic E-state index is 13.0. The van der Waals surface area contributed by atoms with E-state index in [1.54, 1.807) is 0 Å². The minimum atomic E-state index is -4.79. The highest BCUT2D eigenvalue weighted by Gasteiger charge is 2.28. The van der Waals surface area contributed by atoms with Gasteiger partial charge in [0.15, 0.2) is 6.10 Å². The van der Waals surface area contributed by atoms with Gasteiger partial charge in [0.2, 0.25) is 0 Å². The summed E-state index contributed by atoms with van der Waals surface area (Å²) in [5, 5.41) is 9.85. The fourth-order valence-corrected chi connectivity index (χ4v) is 8.30. The van der Waals surface area contributed by atoms with Crippen LogP contribution in [0.15, 0.2) is 170 Å². The number of hydrogen-bond acceptors (Lipinski definition) is 10. The van der Waals surface area contributed by atoms with Crippen LogP contribution in [0.25, 0.3) is 0 Å². The third-order valence-electron chi connectivity index (χ3n) is 12.1. The zero-order valence-corrected chi connectivity index (χ0v) is 51.8. The molecule has 0 spiro atoms. The van der Waals surface area contributed by atoms with E-state index in [0.29, 0.717) is 19.3 Å². The van der Waals surface area contributed by atoms with Gasteiger partial charge in [0.25, 0.3) is 0 Å². The normalized spacial score (nSPS) is 14.5. The lowest BCUT2D eigenvalue weighted by molar-refractivity contribution is -0.161. The van der Waals surface area contributed by atoms with E-state index in [1.807, 2.05) is 0 Å². The van der Waals surface area contributed by atoms with E-state index >= 15 is 0 Å². The minimum Gasteiger partial charge on any atom is -0.462 e. The largest absolute Gasteiger partial charge is 0.472 e. The molecule has 0 aromatic rings. The molecule has 3 atom stereocenters. The van der Waals surface area contributed by atoms with Gasteiger partial charge in [0, 0.05) is 19.3 Å². The van der Waals surface area contributed by atoms with Gasteiger partial charge in [-0.2, -0.15) is 0 Å². The number of unbranched alkanes of at least 4 members (excludes halogenated alkanes) is 10. The summed E-state index contributed by atoms with van der Waals surface area (Å²) >= 11 is 0. The first kappa shape index (κ1) is 76.8. The fraction of sp³-hybridized carbons (Fsp3) is 0.557. The summed E-state index contributed by atoms with van der Waals surface area (Å²) in [5.41, 5.74) is 0. The SMILES string of the molecule is CC/C=C\C/C=C\C/C=C\C/C=C\C/C=C\CCCCCC(=O)OC(CO)COP(=O)(O)OCC(COC(=O)CCCCCC/C=C\C/C=C\C/C=C\C/C=C\CC)OC(=O)CCCCC/C=C\C/C=C\C/C=C\C/C=C\C/C=C\CC. The van der Waals surface area contributed by atoms with Crippen LogP contribution in [-0.4, -0.2) is 66.5 Å². The van der Waals surface area contributed by atoms with Gasteiger partial charge in [-0.15, -0.1) is 0 Å². The van der Waals surface area contributed by atoms with E-state index < -0.39 is 57.8 Å². The Labute approximate surface area is 497 Å². The number of phosphoric ester groups is 1. The highest BCUT2D eigenvalue weighted by Crippen LogP contribution is 2.43. The molecule has 2 N–H and O–H groups in total. The second kappa shape index (κ2) is 61.9. The monoisotopic (exact) mass is 1160 g/mol. The second-order valence-electron chi connectivity index (χ2n) is 19.7. The van der Waals surface area contributed by atoms with Crippen LogP contribution in [0.1, 0.15) is 213 Å². The molecule has 0 amide bonds. The van der Waals surface area contributed by atoms with Crippen LogP contribution in [0, 0.1) is 0 Å². The number of rotatable bonds is 55. The third-order valence-corrected chi connectivity index (χ3v) is 13.1. The molecule has 0 aliphatic rings. The smallest absolute Gasteiger partial charge is 0.462 e. The first-order valence-electron chi connectivity index (χ1n) is 31.0. The number of aliphatic hydroxyl groups is 1. The summed E-state index contributed by atoms with van der Waals surface area (Å²) in [6, 6.07) is 0. The van der Waals surface area contributed by atoms with E-state index in [9.17, 15) is 28.9 Å². The first-order valence-corrected chi connectivity index (χ1v) is 32.5. The van der Waals surface area contributed by atoms with Crippen molar-refractivity contribution in [3.63, 3.8) is 0 Å². The summed E-state index contributed by atoms with van der Waals surface area (Å²) in [4.78, 5) is 48.7. The number of ether oxygens (including phenoxy) is 3. The number of carbonyl (C=O) groups is 3. The van der Waals surface area contributed by atoms with Crippen LogP contribution in [0.4, 0.5) is 0 Å². The van der Waals surface area contributed by atoms with E-state index in [4.69, 9.17) is 23.3 Å². The topological polar surface area (TPSA) is 155 Å². The van der Waals surface area contributed by atoms with Gasteiger partial charge >= 0.3 is 25.7 Å². The van der Waals surface area contributed by atoms with Crippen molar-refractivity contribution in [1.29, 1.82) is 0 Å². The van der Waals surface area contributed by atoms with Crippen molar-refractivity contribution in [1.82, 2.24) is 0 Å². The van der Waals surface area contributed by atoms with Crippen LogP contribution in [-0.2, 0) is 42.2 Å². The Morgan fingerprint density at radius 2 is 0.598 bits per heavy atom. The van der Waals surface area contributed by atoms with Crippen LogP contribution in [0.2, 0.25) is 0 Å². The number of carbonyl (C=O) groups excluding carboxylic acids is 3. The van der Waals surface area contributed by atoms with Crippen LogP contribution >= 0.6 is 7.82 Å². The van der Waals surface area contributed by atoms with Crippen LogP contribution < -0.4 is 0 Å². The average molecular weight is 1160 g/mol. The molecule has 0 heterocycles. The number of hydrogen-bond donors (Lipinski definition) is 2. The zero-order chi connectivity index (χ0) is 59.8. The molecule has 0 fully saturated rings. The van der Waals surface area contributed by atoms with Crippen molar-refractivity contribution >= 4 is 25.7 Å². The minimum absolute atomic E-state index is 0.109. The van der Waals surface area contributed by atoms with Crippen molar-refractivity contribution in [2.75, 3.05) is 26.4 Å². The predicted octanol–water partition coefficient (Wildman–Crippen LogP) is 19.0. The molecule has 0 aromatic heterocycles. The molecule has 0 bridgehead atoms. The molecule has 11 nitrogen and oxygen atoms in total. The molecular formula is C70H109O11P. The maximum Gasteiger partial charge on any atom is 0.472 e. The van der Waals surface area contributed by atoms with Gasteiger partial charge in [-0.3, -0.25) is 23.4 Å². The quantitative estimate of drug-likeness (QED) is 0.0197. The standard InChI is InChI=1S/C70H109O11P/c1-4-7-10-13-16-19-22-25-28-31-33-36-39-42-45-48-51-54-57-60-69(73)80-66(62-71)64-78-82(75,76)79-65-67(63-77-68(72)59-56-53-50-47-44-41-38-35-30-27-24-21-18-15-12-9-6-3)81-70(74)61-58-55-52-49-46-43-40-37-34-32-29-26-23-20-17-14-11-8-5-2/h7-12,16-21,25-30,33-34,36-38,41-43,45-46,66-67,71H,4-6,13-15,22-24,31-32,35,39-40,44,47-65H2,1-3H3,(H,75,76)/b10-7-,11-8-,12-9-,19-16-,20-17-,21-18-,28-25-,29-26-,30-27-,36-33-,37-34-,41-38-,45-42-,46-43-. The zero-order valence-electron chi connectivity index (χ0n) is 50.9. The molecule has 0 saturated carbocycles. The number of allylic oxidation sites excluding steroid dienone is 28. The van der Waals surface area contributed by atoms with Crippen molar-refractivity contribution in [3.8, 4) is 0 Å². The van der Waals surface area contributed by atoms with E-state index in [1.165, 1.54) is 0 Å². The summed E-state index contributed by atoms with van der Waals surface area (Å²) in [6.07, 6.45) is 83.0. The Morgan fingerprint density at radius 3 is 0.915 bits per heavy atom. The van der Waals surface area contributed by atoms with E-state index in [0.717, 1.165) is 154 Å². The van der Waals surface area contributed by atoms with E-state index in [-0.39, 0.29) is 25.9 Å². The molecule has 82 heavy (non-hydrogen) atoms. The van der Waals surface area contributed by atoms with Gasteiger partial charge in [-0.25, -0.2) is 4.57 Å². The number of aliphatic hydroxyl groups excluding tert-OH is 1. The molecule has 0 aromatic carbocycles. The van der Waals surface area contributed by atoms with E-state index in [2.05, 4.69) is 191 Å². The lowest BCUT2D eigenvalue weighted by atomic mass is 10.1. The lowest BCUT2D eigenvalue weighted by Crippen LogP contribution is -2.30. The Morgan fingerprint density at radius 1 is 0.341 bits per heavy atom. The van der Waals surface area contributed by atoms with Crippen molar-refractivity contribution < 1.29 is 52.2 Å². The van der Waals surface area contributed by atoms with Crippen molar-refractivity contribution in [2.24, 2.45) is 0 Å². The number of esters is 3. The van der Waals surface area contributed by atoms with Gasteiger partial charge in [0.05, 0.1) is 19.8 Å². The number of phosphoric acid groups is 1. The predicted molar refractivity (Wildman–Crippen MR) is 343 cm³/mol. The summed E-state index contributed by atoms with van der Waals surface area (Å²) in [7, 11) is -4.79. The Balaban J connectivity index is 4.87. The van der Waals surface area contributed by atoms with Crippen molar-refractivity contribution in [2.45, 2.75) is 226 Å². The molecule has 3 unspecified atom stereocenters. The molecule has 0 saturated heterocycles. The maximum absolute atomic E-state index is 13.0. The summed E-state index contributed by atoms with van der Waals surface area (Å²) in [5.74, 6) is -1.59. The molecule has 0 radical (unpaired) electrons. The summed E-state index contributed by atoms with van der Waals surface area (Å²) in [6.45, 7) is 4.18. The lowest BCUT2D eigenvalue weighted by Gasteiger charge is -2.21. The first-order chi connectivity index (χ1) is 40.2. The van der Waals surface area contributed by atoms with Gasteiger partial charge < -0.3 is 24.2 Å². The molecule has 12 heteroatoms. The molecule has 0 rings (SSSR count). The average Bonchev–Trinajstić information content (AvgIpc) is 3.47. The third kappa shape index (κ3) is 59.5. The molecule has 0 aliphatic heterocycles. The fourth-order valence-electron chi connectivity index (χ4n) is 7.52. The highest BCUT2D eigenvalue weighted by molar-refractivity contribution is 7.47. The van der Waals surface area contributed by atoms with Gasteiger partial charge in [-0.05, 0) is 148 Å². The molecular weight excluding hydrogens is 1050 g/mol. The van der Waals surface area contributed by atoms with Crippen LogP contribution in [0.5, 0.6) is 0 Å². The van der Waals surface area contributed by atoms with Crippen LogP contribution in [0.3, 0.4) is 0 Å². The molecule has 0 aliphatic carbocycles. The summed E-state index contributed by atoms with van der Waals surface area (Å²) < 4.78 is 39.6. The highest BCUT2D eigenvalue weighted by atomic mass is 31.2. The molecule has 460 valence electrons. The Hall–Kier alpha value is -5.16. The van der Waals surface area contributed by atoms with Crippen molar-refractivity contribution in [3.05, 3.63) is 170 Å². The second-order valence-corrected chi connectivity index (χ2v) is 21.2. The Bertz CT molecular complexity index is 2030. The van der Waals surface area contributed by atoms with Gasteiger partial charge in [-0.1, -0.05) is 217 Å².